The molecule has 30 heavy (non-hydrogen) atoms. The first-order valence-corrected chi connectivity index (χ1v) is 10.1. The van der Waals surface area contributed by atoms with Crippen LogP contribution in [0.25, 0.3) is 0 Å². The van der Waals surface area contributed by atoms with Gasteiger partial charge in [-0.25, -0.2) is 9.79 Å². The second-order valence-electron chi connectivity index (χ2n) is 7.76. The molecule has 3 aliphatic rings. The fourth-order valence-electron chi connectivity index (χ4n) is 4.34. The van der Waals surface area contributed by atoms with Gasteiger partial charge in [-0.15, -0.1) is 0 Å². The fourth-order valence-corrected chi connectivity index (χ4v) is 4.34. The molecule has 3 amide bonds. The summed E-state index contributed by atoms with van der Waals surface area (Å²) in [4.78, 5) is 38.0. The molecule has 0 spiro atoms. The third-order valence-corrected chi connectivity index (χ3v) is 5.87. The van der Waals surface area contributed by atoms with Crippen LogP contribution in [-0.2, 0) is 11.2 Å². The molecule has 0 radical (unpaired) electrons. The monoisotopic (exact) mass is 401 g/mol. The minimum absolute atomic E-state index is 0.197. The van der Waals surface area contributed by atoms with Gasteiger partial charge in [0.25, 0.3) is 5.91 Å². The van der Waals surface area contributed by atoms with Gasteiger partial charge >= 0.3 is 6.03 Å². The average molecular weight is 401 g/mol. The van der Waals surface area contributed by atoms with Crippen molar-refractivity contribution in [2.45, 2.75) is 25.6 Å². The second kappa shape index (κ2) is 7.02. The first-order valence-electron chi connectivity index (χ1n) is 10.1. The van der Waals surface area contributed by atoms with Crippen molar-refractivity contribution < 1.29 is 9.59 Å². The topological polar surface area (TPSA) is 59.5 Å². The molecule has 2 aromatic carbocycles. The number of imide groups is 1. The molecule has 0 aromatic heterocycles. The van der Waals surface area contributed by atoms with Gasteiger partial charge in [0.05, 0.1) is 0 Å². The van der Waals surface area contributed by atoms with Gasteiger partial charge in [0.1, 0.15) is 0 Å². The standard InChI is InChI=1S/C23H23N5O2/c1-16-15-27-19-20(24-22(27)28(16)18-11-7-4-8-12-18)25(2)23(30)26(21(19)29)14-13-17-9-5-3-6-10-17/h3-12,15,19-20H,13-14H2,1-2H3. The summed E-state index contributed by atoms with van der Waals surface area (Å²) < 4.78 is 0. The Balaban J connectivity index is 1.42. The molecule has 0 N–H and O–H groups in total. The zero-order chi connectivity index (χ0) is 20.8. The summed E-state index contributed by atoms with van der Waals surface area (Å²) in [5, 5.41) is 0. The number of fused-ring (bicyclic) bond motifs is 3. The van der Waals surface area contributed by atoms with Crippen LogP contribution in [0.4, 0.5) is 10.5 Å². The minimum atomic E-state index is -0.540. The number of aliphatic imine (C=N–C) groups is 1. The number of likely N-dealkylation sites (N-methyl/N-ethyl adjacent to an activating group) is 1. The van der Waals surface area contributed by atoms with Gasteiger partial charge in [-0.2, -0.15) is 0 Å². The normalized spacial score (nSPS) is 22.9. The van der Waals surface area contributed by atoms with Crippen LogP contribution in [0.5, 0.6) is 0 Å². The highest BCUT2D eigenvalue weighted by atomic mass is 16.2. The minimum Gasteiger partial charge on any atom is -0.302 e. The van der Waals surface area contributed by atoms with E-state index in [0.29, 0.717) is 18.9 Å². The van der Waals surface area contributed by atoms with Gasteiger partial charge in [0, 0.05) is 31.2 Å². The van der Waals surface area contributed by atoms with Gasteiger partial charge < -0.3 is 9.80 Å². The molecular formula is C23H23N5O2. The van der Waals surface area contributed by atoms with E-state index in [9.17, 15) is 9.59 Å². The Morgan fingerprint density at radius 1 is 0.967 bits per heavy atom. The molecule has 0 bridgehead atoms. The Morgan fingerprint density at radius 2 is 1.63 bits per heavy atom. The van der Waals surface area contributed by atoms with Crippen molar-refractivity contribution in [1.82, 2.24) is 14.7 Å². The number of carbonyl (C=O) groups is 2. The predicted octanol–water partition coefficient (Wildman–Crippen LogP) is 2.87. The van der Waals surface area contributed by atoms with Crippen molar-refractivity contribution in [3.8, 4) is 0 Å². The average Bonchev–Trinajstić information content (AvgIpc) is 3.28. The third kappa shape index (κ3) is 2.77. The zero-order valence-electron chi connectivity index (χ0n) is 17.0. The number of carbonyl (C=O) groups excluding carboxylic acids is 2. The number of rotatable bonds is 4. The molecule has 1 fully saturated rings. The number of amides is 3. The van der Waals surface area contributed by atoms with E-state index in [0.717, 1.165) is 16.9 Å². The Hall–Kier alpha value is -3.61. The Morgan fingerprint density at radius 3 is 2.33 bits per heavy atom. The lowest BCUT2D eigenvalue weighted by Crippen LogP contribution is -2.64. The van der Waals surface area contributed by atoms with Crippen LogP contribution in [0.3, 0.4) is 0 Å². The zero-order valence-corrected chi connectivity index (χ0v) is 17.0. The lowest BCUT2D eigenvalue weighted by molar-refractivity contribution is -0.136. The van der Waals surface area contributed by atoms with Crippen LogP contribution >= 0.6 is 0 Å². The predicted molar refractivity (Wildman–Crippen MR) is 115 cm³/mol. The summed E-state index contributed by atoms with van der Waals surface area (Å²) in [6.45, 7) is 2.35. The molecule has 2 unspecified atom stereocenters. The van der Waals surface area contributed by atoms with Crippen LogP contribution in [0.1, 0.15) is 12.5 Å². The van der Waals surface area contributed by atoms with E-state index >= 15 is 0 Å². The van der Waals surface area contributed by atoms with Crippen LogP contribution in [0, 0.1) is 0 Å². The fraction of sp³-hybridized carbons (Fsp3) is 0.261. The molecule has 0 aliphatic carbocycles. The molecule has 7 nitrogen and oxygen atoms in total. The lowest BCUT2D eigenvalue weighted by Gasteiger charge is -2.40. The number of benzene rings is 2. The van der Waals surface area contributed by atoms with Crippen LogP contribution in [0.2, 0.25) is 0 Å². The van der Waals surface area contributed by atoms with Crippen molar-refractivity contribution in [3.63, 3.8) is 0 Å². The molecule has 0 saturated carbocycles. The van der Waals surface area contributed by atoms with Crippen molar-refractivity contribution in [2.24, 2.45) is 4.99 Å². The van der Waals surface area contributed by atoms with Crippen LogP contribution < -0.4 is 4.90 Å². The molecule has 5 rings (SSSR count). The van der Waals surface area contributed by atoms with Crippen molar-refractivity contribution in [2.75, 3.05) is 18.5 Å². The number of urea groups is 1. The summed E-state index contributed by atoms with van der Waals surface area (Å²) >= 11 is 0. The van der Waals surface area contributed by atoms with Crippen LogP contribution in [0.15, 0.2) is 77.6 Å². The first-order chi connectivity index (χ1) is 14.6. The number of anilines is 1. The summed E-state index contributed by atoms with van der Waals surface area (Å²) in [6.07, 6.45) is 2.05. The number of hydrogen-bond donors (Lipinski definition) is 0. The number of para-hydroxylation sites is 1. The molecule has 152 valence electrons. The summed E-state index contributed by atoms with van der Waals surface area (Å²) in [5.74, 6) is 0.489. The summed E-state index contributed by atoms with van der Waals surface area (Å²) in [7, 11) is 1.72. The largest absolute Gasteiger partial charge is 0.328 e. The van der Waals surface area contributed by atoms with Crippen molar-refractivity contribution in [3.05, 3.63) is 78.1 Å². The first kappa shape index (κ1) is 18.4. The quantitative estimate of drug-likeness (QED) is 0.791. The van der Waals surface area contributed by atoms with E-state index in [1.54, 1.807) is 11.9 Å². The highest BCUT2D eigenvalue weighted by molar-refractivity contribution is 6.09. The number of allylic oxidation sites excluding steroid dienone is 1. The summed E-state index contributed by atoms with van der Waals surface area (Å²) in [5.41, 5.74) is 3.06. The van der Waals surface area contributed by atoms with E-state index in [-0.39, 0.29) is 11.9 Å². The highest BCUT2D eigenvalue weighted by Gasteiger charge is 2.54. The van der Waals surface area contributed by atoms with Gasteiger partial charge in [-0.1, -0.05) is 48.5 Å². The molecule has 2 atom stereocenters. The second-order valence-corrected chi connectivity index (χ2v) is 7.76. The summed E-state index contributed by atoms with van der Waals surface area (Å²) in [6, 6.07) is 19.0. The molecule has 3 heterocycles. The molecular weight excluding hydrogens is 378 g/mol. The maximum absolute atomic E-state index is 13.4. The Labute approximate surface area is 175 Å². The van der Waals surface area contributed by atoms with E-state index in [1.807, 2.05) is 83.6 Å². The van der Waals surface area contributed by atoms with Gasteiger partial charge in [0.2, 0.25) is 5.96 Å². The van der Waals surface area contributed by atoms with Crippen molar-refractivity contribution in [1.29, 1.82) is 0 Å². The SMILES string of the molecule is CC1=CN2C(=NC3C2C(=O)N(CCc2ccccc2)C(=O)N3C)N1c1ccccc1. The van der Waals surface area contributed by atoms with E-state index in [2.05, 4.69) is 0 Å². The Bertz CT molecular complexity index is 1050. The van der Waals surface area contributed by atoms with Crippen LogP contribution in [-0.4, -0.2) is 58.4 Å². The van der Waals surface area contributed by atoms with Gasteiger partial charge in [-0.3, -0.25) is 14.6 Å². The number of hydrogen-bond acceptors (Lipinski definition) is 5. The number of guanidine groups is 1. The van der Waals surface area contributed by atoms with Gasteiger partial charge in [0.15, 0.2) is 12.2 Å². The molecule has 1 saturated heterocycles. The molecule has 2 aromatic rings. The lowest BCUT2D eigenvalue weighted by atomic mass is 10.1. The van der Waals surface area contributed by atoms with E-state index in [1.165, 1.54) is 4.90 Å². The molecule has 3 aliphatic heterocycles. The maximum atomic E-state index is 13.4. The molecule has 7 heteroatoms. The highest BCUT2D eigenvalue weighted by Crippen LogP contribution is 2.36. The third-order valence-electron chi connectivity index (χ3n) is 5.87. The van der Waals surface area contributed by atoms with E-state index < -0.39 is 12.2 Å². The Kier molecular flexibility index (Phi) is 4.31. The van der Waals surface area contributed by atoms with E-state index in [4.69, 9.17) is 4.99 Å². The maximum Gasteiger partial charge on any atom is 0.328 e. The van der Waals surface area contributed by atoms with Gasteiger partial charge in [-0.05, 0) is 31.0 Å². The van der Waals surface area contributed by atoms with Crippen molar-refractivity contribution >= 4 is 23.6 Å². The smallest absolute Gasteiger partial charge is 0.302 e. The number of nitrogens with zero attached hydrogens (tertiary/aromatic N) is 5.